The van der Waals surface area contributed by atoms with Crippen LogP contribution in [0.15, 0.2) is 30.6 Å². The smallest absolute Gasteiger partial charge is 0.171 e. The van der Waals surface area contributed by atoms with Gasteiger partial charge in [-0.15, -0.1) is 10.2 Å². The molecule has 0 spiro atoms. The Labute approximate surface area is 104 Å². The third kappa shape index (κ3) is 1.60. The van der Waals surface area contributed by atoms with Crippen LogP contribution in [-0.4, -0.2) is 19.6 Å². The highest BCUT2D eigenvalue weighted by atomic mass is 15.3. The largest absolute Gasteiger partial charge is 0.398 e. The Morgan fingerprint density at radius 2 is 1.94 bits per heavy atom. The van der Waals surface area contributed by atoms with E-state index in [1.165, 1.54) is 0 Å². The van der Waals surface area contributed by atoms with Crippen molar-refractivity contribution in [2.45, 2.75) is 13.8 Å². The van der Waals surface area contributed by atoms with Crippen molar-refractivity contribution >= 4 is 11.3 Å². The van der Waals surface area contributed by atoms with Crippen LogP contribution in [0.1, 0.15) is 11.3 Å². The first-order valence-electron chi connectivity index (χ1n) is 5.69. The number of fused-ring (bicyclic) bond motifs is 1. The quantitative estimate of drug-likeness (QED) is 0.659. The second-order valence-electron chi connectivity index (χ2n) is 4.37. The molecule has 0 saturated heterocycles. The summed E-state index contributed by atoms with van der Waals surface area (Å²) >= 11 is 0. The number of hydrogen-bond acceptors (Lipinski definition) is 4. The molecule has 0 atom stereocenters. The van der Waals surface area contributed by atoms with Gasteiger partial charge in [0.1, 0.15) is 6.33 Å². The lowest BCUT2D eigenvalue weighted by Crippen LogP contribution is -1.96. The fourth-order valence-corrected chi connectivity index (χ4v) is 1.94. The van der Waals surface area contributed by atoms with Crippen molar-refractivity contribution in [1.29, 1.82) is 0 Å². The molecule has 0 fully saturated rings. The second-order valence-corrected chi connectivity index (χ2v) is 4.37. The third-order valence-electron chi connectivity index (χ3n) is 2.89. The van der Waals surface area contributed by atoms with Gasteiger partial charge < -0.3 is 5.73 Å². The Bertz CT molecular complexity index is 729. The van der Waals surface area contributed by atoms with E-state index in [2.05, 4.69) is 15.2 Å². The molecule has 2 N–H and O–H groups in total. The lowest BCUT2D eigenvalue weighted by Gasteiger charge is -2.05. The number of nitrogen functional groups attached to an aromatic ring is 1. The monoisotopic (exact) mass is 239 g/mol. The van der Waals surface area contributed by atoms with Gasteiger partial charge in [0, 0.05) is 23.0 Å². The summed E-state index contributed by atoms with van der Waals surface area (Å²) in [6, 6.07) is 7.76. The van der Waals surface area contributed by atoms with Gasteiger partial charge in [-0.25, -0.2) is 4.98 Å². The first-order valence-corrected chi connectivity index (χ1v) is 5.69. The van der Waals surface area contributed by atoms with Crippen molar-refractivity contribution in [2.24, 2.45) is 0 Å². The summed E-state index contributed by atoms with van der Waals surface area (Å²) in [6.07, 6.45) is 1.72. The van der Waals surface area contributed by atoms with Crippen molar-refractivity contribution in [2.75, 3.05) is 5.73 Å². The fraction of sp³-hybridized carbons (Fsp3) is 0.154. The molecule has 0 aliphatic heterocycles. The van der Waals surface area contributed by atoms with Gasteiger partial charge in [-0.3, -0.25) is 4.40 Å². The molecule has 0 unspecified atom stereocenters. The molecule has 18 heavy (non-hydrogen) atoms. The summed E-state index contributed by atoms with van der Waals surface area (Å²) in [4.78, 5) is 4.26. The fourth-order valence-electron chi connectivity index (χ4n) is 1.94. The Morgan fingerprint density at radius 1 is 1.11 bits per heavy atom. The van der Waals surface area contributed by atoms with Gasteiger partial charge >= 0.3 is 0 Å². The van der Waals surface area contributed by atoms with Gasteiger partial charge in [0.2, 0.25) is 0 Å². The van der Waals surface area contributed by atoms with Crippen LogP contribution >= 0.6 is 0 Å². The van der Waals surface area contributed by atoms with Crippen LogP contribution < -0.4 is 5.73 Å². The zero-order valence-electron chi connectivity index (χ0n) is 10.3. The van der Waals surface area contributed by atoms with E-state index < -0.39 is 0 Å². The Kier molecular flexibility index (Phi) is 2.26. The van der Waals surface area contributed by atoms with Crippen LogP contribution in [0.5, 0.6) is 0 Å². The van der Waals surface area contributed by atoms with Crippen molar-refractivity contribution < 1.29 is 0 Å². The van der Waals surface area contributed by atoms with Gasteiger partial charge in [0.25, 0.3) is 0 Å². The lowest BCUT2D eigenvalue weighted by molar-refractivity contribution is 1.05. The molecule has 3 aromatic rings. The molecule has 3 rings (SSSR count). The summed E-state index contributed by atoms with van der Waals surface area (Å²) in [7, 11) is 0. The number of benzene rings is 1. The molecule has 0 amide bonds. The molecule has 0 saturated carbocycles. The van der Waals surface area contributed by atoms with E-state index in [1.807, 2.05) is 42.5 Å². The van der Waals surface area contributed by atoms with Crippen LogP contribution in [0.3, 0.4) is 0 Å². The number of aromatic nitrogens is 4. The minimum atomic E-state index is 0.690. The highest BCUT2D eigenvalue weighted by Crippen LogP contribution is 2.25. The average molecular weight is 239 g/mol. The first kappa shape index (κ1) is 10.7. The van der Waals surface area contributed by atoms with E-state index in [-0.39, 0.29) is 0 Å². The molecule has 90 valence electrons. The topological polar surface area (TPSA) is 69.1 Å². The molecule has 1 aromatic carbocycles. The van der Waals surface area contributed by atoms with Gasteiger partial charge in [-0.2, -0.15) is 0 Å². The van der Waals surface area contributed by atoms with E-state index in [1.54, 1.807) is 6.33 Å². The maximum absolute atomic E-state index is 6.00. The van der Waals surface area contributed by atoms with Gasteiger partial charge in [0.05, 0.1) is 0 Å². The van der Waals surface area contributed by atoms with Crippen molar-refractivity contribution in [3.63, 3.8) is 0 Å². The summed E-state index contributed by atoms with van der Waals surface area (Å²) in [5.41, 5.74) is 10.4. The second kappa shape index (κ2) is 3.80. The molecular formula is C13H13N5. The maximum Gasteiger partial charge on any atom is 0.171 e. The number of aryl methyl sites for hydroxylation is 2. The lowest BCUT2D eigenvalue weighted by atomic mass is 10.1. The zero-order valence-corrected chi connectivity index (χ0v) is 10.3. The zero-order chi connectivity index (χ0) is 12.7. The molecule has 5 heteroatoms. The third-order valence-corrected chi connectivity index (χ3v) is 2.89. The minimum Gasteiger partial charge on any atom is -0.398 e. The Morgan fingerprint density at radius 3 is 2.78 bits per heavy atom. The Hall–Kier alpha value is -2.43. The summed E-state index contributed by atoms with van der Waals surface area (Å²) in [5, 5.41) is 8.35. The molecule has 0 aliphatic carbocycles. The van der Waals surface area contributed by atoms with E-state index >= 15 is 0 Å². The number of anilines is 1. The number of hydrogen-bond donors (Lipinski definition) is 1. The van der Waals surface area contributed by atoms with Gasteiger partial charge in [-0.05, 0) is 26.0 Å². The summed E-state index contributed by atoms with van der Waals surface area (Å²) in [6.45, 7) is 3.95. The predicted molar refractivity (Wildman–Crippen MR) is 70.1 cm³/mol. The van der Waals surface area contributed by atoms with E-state index in [0.29, 0.717) is 5.69 Å². The van der Waals surface area contributed by atoms with E-state index in [0.717, 1.165) is 28.3 Å². The van der Waals surface area contributed by atoms with E-state index in [4.69, 9.17) is 5.73 Å². The molecular weight excluding hydrogens is 226 g/mol. The molecule has 0 radical (unpaired) electrons. The number of nitrogens with two attached hydrogens (primary N) is 1. The van der Waals surface area contributed by atoms with Crippen LogP contribution in [-0.2, 0) is 0 Å². The van der Waals surface area contributed by atoms with Crippen LogP contribution in [0.4, 0.5) is 5.69 Å². The highest BCUT2D eigenvalue weighted by molar-refractivity contribution is 5.73. The van der Waals surface area contributed by atoms with Crippen LogP contribution in [0.2, 0.25) is 0 Å². The molecule has 2 heterocycles. The van der Waals surface area contributed by atoms with Gasteiger partial charge in [-0.1, -0.05) is 11.6 Å². The normalized spacial score (nSPS) is 11.0. The summed E-state index contributed by atoms with van der Waals surface area (Å²) in [5.74, 6) is 0.721. The average Bonchev–Trinajstić information content (AvgIpc) is 2.75. The van der Waals surface area contributed by atoms with Crippen molar-refractivity contribution in [1.82, 2.24) is 19.6 Å². The maximum atomic E-state index is 6.00. The molecule has 0 bridgehead atoms. The highest BCUT2D eigenvalue weighted by Gasteiger charge is 2.11. The molecule has 2 aromatic heterocycles. The first-order chi connectivity index (χ1) is 8.65. The van der Waals surface area contributed by atoms with E-state index in [9.17, 15) is 0 Å². The Balaban J connectivity index is 2.28. The van der Waals surface area contributed by atoms with Crippen molar-refractivity contribution in [3.8, 4) is 11.4 Å². The predicted octanol–water partition coefficient (Wildman–Crippen LogP) is 1.99. The molecule has 5 nitrogen and oxygen atoms in total. The van der Waals surface area contributed by atoms with Crippen molar-refractivity contribution in [3.05, 3.63) is 41.9 Å². The number of rotatable bonds is 1. The standard InChI is InChI=1S/C13H13N5/c1-8-3-4-11(14)10(5-8)13-17-16-12-6-9(2)15-7-18(12)13/h3-7H,14H2,1-2H3. The molecule has 0 aliphatic rings. The van der Waals surface area contributed by atoms with Gasteiger partial charge in [0.15, 0.2) is 11.5 Å². The van der Waals surface area contributed by atoms with Crippen LogP contribution in [0.25, 0.3) is 17.0 Å². The number of nitrogens with zero attached hydrogens (tertiary/aromatic N) is 4. The minimum absolute atomic E-state index is 0.690. The van der Waals surface area contributed by atoms with Crippen LogP contribution in [0, 0.1) is 13.8 Å². The summed E-state index contributed by atoms with van der Waals surface area (Å²) < 4.78 is 1.85. The SMILES string of the molecule is Cc1ccc(N)c(-c2nnc3cc(C)ncn23)c1.